The second-order valence-electron chi connectivity index (χ2n) is 2.24. The largest absolute Gasteiger partial charge is 0.327 e. The van der Waals surface area contributed by atoms with Crippen molar-refractivity contribution < 1.29 is 0 Å². The molecule has 14 heavy (non-hydrogen) atoms. The molecule has 0 aliphatic heterocycles. The third-order valence-corrected chi connectivity index (χ3v) is 1.42. The molecule has 0 amide bonds. The highest BCUT2D eigenvalue weighted by Gasteiger charge is 2.02. The highest BCUT2D eigenvalue weighted by atomic mass is 16.7. The zero-order valence-electron chi connectivity index (χ0n) is 6.54. The van der Waals surface area contributed by atoms with E-state index in [9.17, 15) is 14.4 Å². The van der Waals surface area contributed by atoms with Crippen LogP contribution in [0, 0.1) is 9.93 Å². The van der Waals surface area contributed by atoms with Gasteiger partial charge in [0.05, 0.1) is 0 Å². The van der Waals surface area contributed by atoms with Crippen LogP contribution in [-0.2, 0) is 0 Å². The first kappa shape index (κ1) is 9.64. The quantitative estimate of drug-likeness (QED) is 0.399. The second kappa shape index (κ2) is 3.51. The highest BCUT2D eigenvalue weighted by Crippen LogP contribution is 1.88. The van der Waals surface area contributed by atoms with E-state index in [2.05, 4.69) is 15.0 Å². The summed E-state index contributed by atoms with van der Waals surface area (Å²) in [6.45, 7) is 0. The standard InChI is InChI=1S/C5H4N4O3.O2/c10-3-1-2(7-4(11)6-1)8-5(12)9-3;1-2/h(H4,6,7,8,9,10,11,12);. The molecule has 2 heterocycles. The SMILES string of the molecule is O=O.O=c1[nH]c(=O)c2[nH]c(=O)[nH]c2[nH]1. The van der Waals surface area contributed by atoms with Crippen molar-refractivity contribution in [2.45, 2.75) is 0 Å². The lowest BCUT2D eigenvalue weighted by atomic mass is 10.5. The number of rotatable bonds is 0. The molecular formula is C5H4N4O5. The number of H-pyrrole nitrogens is 4. The van der Waals surface area contributed by atoms with Gasteiger partial charge in [-0.25, -0.2) is 9.59 Å². The van der Waals surface area contributed by atoms with E-state index < -0.39 is 16.9 Å². The fourth-order valence-electron chi connectivity index (χ4n) is 0.958. The Morgan fingerprint density at radius 2 is 1.21 bits per heavy atom. The average Bonchev–Trinajstić information content (AvgIpc) is 2.49. The summed E-state index contributed by atoms with van der Waals surface area (Å²) in [7, 11) is 0. The third kappa shape index (κ3) is 1.50. The minimum atomic E-state index is -0.650. The van der Waals surface area contributed by atoms with Crippen molar-refractivity contribution >= 4 is 11.2 Å². The summed E-state index contributed by atoms with van der Waals surface area (Å²) in [5, 5.41) is 0. The van der Waals surface area contributed by atoms with Gasteiger partial charge in [-0.05, 0) is 0 Å². The van der Waals surface area contributed by atoms with Gasteiger partial charge in [0.25, 0.3) is 5.56 Å². The molecule has 0 unspecified atom stereocenters. The molecule has 0 bridgehead atoms. The maximum absolute atomic E-state index is 10.9. The Morgan fingerprint density at radius 1 is 0.714 bits per heavy atom. The lowest BCUT2D eigenvalue weighted by Crippen LogP contribution is -2.21. The maximum atomic E-state index is 10.9. The predicted molar refractivity (Wildman–Crippen MR) is 46.9 cm³/mol. The van der Waals surface area contributed by atoms with Crippen LogP contribution in [0.5, 0.6) is 0 Å². The molecule has 4 N–H and O–H groups in total. The van der Waals surface area contributed by atoms with Gasteiger partial charge < -0.3 is 0 Å². The number of nitrogens with one attached hydrogen (secondary N) is 4. The second-order valence-corrected chi connectivity index (χ2v) is 2.24. The molecular weight excluding hydrogens is 196 g/mol. The van der Waals surface area contributed by atoms with Crippen molar-refractivity contribution in [2.24, 2.45) is 0 Å². The monoisotopic (exact) mass is 200 g/mol. The Bertz CT molecular complexity index is 601. The van der Waals surface area contributed by atoms with Crippen LogP contribution >= 0.6 is 0 Å². The van der Waals surface area contributed by atoms with E-state index >= 15 is 0 Å². The molecule has 0 aromatic carbocycles. The van der Waals surface area contributed by atoms with Gasteiger partial charge >= 0.3 is 11.4 Å². The van der Waals surface area contributed by atoms with Crippen molar-refractivity contribution in [3.05, 3.63) is 41.3 Å². The maximum Gasteiger partial charge on any atom is 0.327 e. The van der Waals surface area contributed by atoms with E-state index in [0.717, 1.165) is 0 Å². The fraction of sp³-hybridized carbons (Fsp3) is 0. The van der Waals surface area contributed by atoms with Crippen molar-refractivity contribution in [1.82, 2.24) is 19.9 Å². The molecule has 0 saturated heterocycles. The molecule has 0 spiro atoms. The molecule has 0 atom stereocenters. The van der Waals surface area contributed by atoms with Crippen LogP contribution in [-0.4, -0.2) is 19.9 Å². The van der Waals surface area contributed by atoms with Crippen LogP contribution in [0.1, 0.15) is 0 Å². The summed E-state index contributed by atoms with van der Waals surface area (Å²) in [5.41, 5.74) is -1.65. The van der Waals surface area contributed by atoms with E-state index in [0.29, 0.717) is 0 Å². The number of aromatic amines is 4. The van der Waals surface area contributed by atoms with Gasteiger partial charge in [-0.3, -0.25) is 24.7 Å². The van der Waals surface area contributed by atoms with Crippen molar-refractivity contribution in [3.8, 4) is 0 Å². The minimum Gasteiger partial charge on any atom is -0.300 e. The predicted octanol–water partition coefficient (Wildman–Crippen LogP) is -1.70. The van der Waals surface area contributed by atoms with Gasteiger partial charge in [-0.15, -0.1) is 0 Å². The van der Waals surface area contributed by atoms with E-state index in [1.165, 1.54) is 0 Å². The topological polar surface area (TPSA) is 149 Å². The highest BCUT2D eigenvalue weighted by molar-refractivity contribution is 5.67. The first-order chi connectivity index (χ1) is 6.66. The third-order valence-electron chi connectivity index (χ3n) is 1.42. The van der Waals surface area contributed by atoms with Gasteiger partial charge in [-0.2, -0.15) is 0 Å². The molecule has 9 nitrogen and oxygen atoms in total. The van der Waals surface area contributed by atoms with Crippen LogP contribution in [0.2, 0.25) is 0 Å². The van der Waals surface area contributed by atoms with Gasteiger partial charge in [-0.1, -0.05) is 0 Å². The van der Waals surface area contributed by atoms with Crippen molar-refractivity contribution in [3.63, 3.8) is 0 Å². The molecule has 74 valence electrons. The smallest absolute Gasteiger partial charge is 0.300 e. The number of imidazole rings is 1. The summed E-state index contributed by atoms with van der Waals surface area (Å²) in [4.78, 5) is 55.0. The van der Waals surface area contributed by atoms with Crippen LogP contribution in [0.25, 0.3) is 11.2 Å². The Balaban J connectivity index is 0.000000461. The molecule has 0 fully saturated rings. The number of fused-ring (bicyclic) bond motifs is 1. The zero-order valence-corrected chi connectivity index (χ0v) is 6.54. The Hall–Kier alpha value is -2.45. The summed E-state index contributed by atoms with van der Waals surface area (Å²) in [6.07, 6.45) is 0. The van der Waals surface area contributed by atoms with Gasteiger partial charge in [0, 0.05) is 9.93 Å². The molecule has 0 aliphatic carbocycles. The summed E-state index contributed by atoms with van der Waals surface area (Å²) < 4.78 is 0. The van der Waals surface area contributed by atoms with Crippen LogP contribution in [0.3, 0.4) is 0 Å². The molecule has 2 aromatic heterocycles. The lowest BCUT2D eigenvalue weighted by Gasteiger charge is -1.83. The molecule has 9 heteroatoms. The van der Waals surface area contributed by atoms with Crippen molar-refractivity contribution in [2.75, 3.05) is 0 Å². The van der Waals surface area contributed by atoms with Gasteiger partial charge in [0.1, 0.15) is 11.2 Å². The first-order valence-electron chi connectivity index (χ1n) is 3.28. The molecule has 2 rings (SSSR count). The van der Waals surface area contributed by atoms with Crippen LogP contribution < -0.4 is 16.9 Å². The van der Waals surface area contributed by atoms with E-state index in [4.69, 9.17) is 9.93 Å². The number of hydrogen-bond donors (Lipinski definition) is 4. The molecule has 2 aromatic rings. The fourth-order valence-corrected chi connectivity index (χ4v) is 0.958. The Morgan fingerprint density at radius 3 is 1.79 bits per heavy atom. The first-order valence-corrected chi connectivity index (χ1v) is 3.28. The zero-order chi connectivity index (χ0) is 10.7. The summed E-state index contributed by atoms with van der Waals surface area (Å²) in [5.74, 6) is 0. The Kier molecular flexibility index (Phi) is 2.42. The van der Waals surface area contributed by atoms with E-state index in [1.54, 1.807) is 0 Å². The summed E-state index contributed by atoms with van der Waals surface area (Å²) in [6, 6.07) is 0. The number of hydrogen-bond acceptors (Lipinski definition) is 5. The van der Waals surface area contributed by atoms with E-state index in [-0.39, 0.29) is 11.2 Å². The molecule has 0 saturated carbocycles. The van der Waals surface area contributed by atoms with E-state index in [1.807, 2.05) is 4.98 Å². The van der Waals surface area contributed by atoms with Crippen LogP contribution in [0.15, 0.2) is 14.4 Å². The Labute approximate surface area is 73.4 Å². The van der Waals surface area contributed by atoms with Gasteiger partial charge in [0.15, 0.2) is 0 Å². The van der Waals surface area contributed by atoms with Crippen LogP contribution in [0.4, 0.5) is 0 Å². The molecule has 0 aliphatic rings. The average molecular weight is 200 g/mol. The molecule has 0 radical (unpaired) electrons. The van der Waals surface area contributed by atoms with Gasteiger partial charge in [0.2, 0.25) is 0 Å². The summed E-state index contributed by atoms with van der Waals surface area (Å²) >= 11 is 0. The lowest BCUT2D eigenvalue weighted by molar-refractivity contribution is 1.07. The van der Waals surface area contributed by atoms with Crippen molar-refractivity contribution in [1.29, 1.82) is 0 Å². The minimum absolute atomic E-state index is 0.0413. The normalized spacial score (nSPS) is 9.43. The number of aromatic nitrogens is 4.